The molecule has 0 aromatic rings. The lowest BCUT2D eigenvalue weighted by Crippen LogP contribution is -1.62. The lowest BCUT2D eigenvalue weighted by atomic mass is 10.7. The van der Waals surface area contributed by atoms with Crippen molar-refractivity contribution in [3.8, 4) is 0 Å². The van der Waals surface area contributed by atoms with Crippen LogP contribution in [0.3, 0.4) is 0 Å². The molecule has 2 heteroatoms. The third-order valence-corrected chi connectivity index (χ3v) is 0.129. The van der Waals surface area contributed by atoms with Crippen molar-refractivity contribution in [1.29, 1.82) is 0 Å². The molecule has 0 fully saturated rings. The highest BCUT2D eigenvalue weighted by atomic mass is 24.3. The zero-order chi connectivity index (χ0) is 3.41. The van der Waals surface area contributed by atoms with E-state index in [0.29, 0.717) is 0 Å². The van der Waals surface area contributed by atoms with Crippen molar-refractivity contribution in [3.63, 3.8) is 0 Å². The first kappa shape index (κ1) is 9.08. The van der Waals surface area contributed by atoms with Gasteiger partial charge in [0.1, 0.15) is 0 Å². The molecule has 0 aliphatic rings. The maximum absolute atomic E-state index is 7.76. The number of aliphatic hydroxyl groups is 1. The molecular weight excluding hydrogens is 76.3 g/mol. The van der Waals surface area contributed by atoms with Crippen molar-refractivity contribution in [1.82, 2.24) is 0 Å². The average molecular weight is 84.4 g/mol. The molecule has 0 aliphatic heterocycles. The number of rotatable bonds is 1. The van der Waals surface area contributed by atoms with E-state index in [9.17, 15) is 0 Å². The van der Waals surface area contributed by atoms with E-state index in [2.05, 4.69) is 6.58 Å². The van der Waals surface area contributed by atoms with E-state index < -0.39 is 0 Å². The van der Waals surface area contributed by atoms with Gasteiger partial charge in [0.05, 0.1) is 6.61 Å². The molecule has 0 rings (SSSR count). The summed E-state index contributed by atoms with van der Waals surface area (Å²) < 4.78 is 0. The van der Waals surface area contributed by atoms with Gasteiger partial charge in [0.15, 0.2) is 0 Å². The van der Waals surface area contributed by atoms with Crippen LogP contribution in [0.1, 0.15) is 0 Å². The van der Waals surface area contributed by atoms with Crippen LogP contribution < -0.4 is 0 Å². The fraction of sp³-hybridized carbons (Fsp3) is 0.333. The highest BCUT2D eigenvalue weighted by Gasteiger charge is 1.45. The molecule has 0 aromatic carbocycles. The van der Waals surface area contributed by atoms with E-state index in [0.717, 1.165) is 0 Å². The van der Waals surface area contributed by atoms with Crippen molar-refractivity contribution in [2.45, 2.75) is 0 Å². The summed E-state index contributed by atoms with van der Waals surface area (Å²) in [4.78, 5) is 0. The van der Waals surface area contributed by atoms with E-state index in [4.69, 9.17) is 5.11 Å². The summed E-state index contributed by atoms with van der Waals surface area (Å²) in [6.07, 6.45) is 1.43. The Balaban J connectivity index is 0. The lowest BCUT2D eigenvalue weighted by Gasteiger charge is -1.60. The first-order valence-corrected chi connectivity index (χ1v) is 1.13. The zero-order valence-electron chi connectivity index (χ0n) is 2.44. The molecular formula is C3H8MgO. The van der Waals surface area contributed by atoms with Crippen LogP contribution in [0.5, 0.6) is 0 Å². The Labute approximate surface area is 47.8 Å². The monoisotopic (exact) mass is 84.0 g/mol. The normalized spacial score (nSPS) is 5.00. The van der Waals surface area contributed by atoms with Crippen molar-refractivity contribution in [2.24, 2.45) is 0 Å². The standard InChI is InChI=1S/C3H6O.Mg.2H/c1-2-3-4;;;/h2,4H,1,3H2;;;. The van der Waals surface area contributed by atoms with Gasteiger partial charge in [0.25, 0.3) is 0 Å². The van der Waals surface area contributed by atoms with Crippen LogP contribution in [0.25, 0.3) is 0 Å². The molecule has 0 atom stereocenters. The largest absolute Gasteiger partial charge is 0.392 e. The summed E-state index contributed by atoms with van der Waals surface area (Å²) in [6.45, 7) is 3.31. The van der Waals surface area contributed by atoms with Gasteiger partial charge in [-0.15, -0.1) is 6.58 Å². The summed E-state index contributed by atoms with van der Waals surface area (Å²) in [5, 5.41) is 7.76. The molecule has 0 saturated carbocycles. The molecule has 1 N–H and O–H groups in total. The minimum atomic E-state index is 0. The first-order valence-electron chi connectivity index (χ1n) is 1.13. The van der Waals surface area contributed by atoms with E-state index in [-0.39, 0.29) is 29.7 Å². The first-order chi connectivity index (χ1) is 1.91. The topological polar surface area (TPSA) is 20.2 Å². The molecule has 28 valence electrons. The van der Waals surface area contributed by atoms with Crippen molar-refractivity contribution in [3.05, 3.63) is 12.7 Å². The van der Waals surface area contributed by atoms with E-state index in [1.54, 1.807) is 0 Å². The molecule has 0 aromatic heterocycles. The summed E-state index contributed by atoms with van der Waals surface area (Å²) in [5.74, 6) is 0. The SMILES string of the molecule is C=CCO.[MgH2]. The van der Waals surface area contributed by atoms with E-state index in [1.807, 2.05) is 0 Å². The van der Waals surface area contributed by atoms with Crippen LogP contribution in [-0.4, -0.2) is 34.8 Å². The maximum atomic E-state index is 7.76. The quantitative estimate of drug-likeness (QED) is 0.327. The van der Waals surface area contributed by atoms with Gasteiger partial charge < -0.3 is 5.11 Å². The van der Waals surface area contributed by atoms with Gasteiger partial charge >= 0.3 is 23.1 Å². The number of aliphatic hydroxyl groups excluding tert-OH is 1. The maximum Gasteiger partial charge on any atom is 0.316 e. The van der Waals surface area contributed by atoms with Gasteiger partial charge in [-0.1, -0.05) is 6.08 Å². The molecule has 1 nitrogen and oxygen atoms in total. The second kappa shape index (κ2) is 8.82. The van der Waals surface area contributed by atoms with Crippen LogP contribution in [0.2, 0.25) is 0 Å². The van der Waals surface area contributed by atoms with Crippen LogP contribution in [-0.2, 0) is 0 Å². The highest BCUT2D eigenvalue weighted by Crippen LogP contribution is 1.46. The van der Waals surface area contributed by atoms with Crippen LogP contribution in [0.15, 0.2) is 12.7 Å². The third-order valence-electron chi connectivity index (χ3n) is 0.129. The van der Waals surface area contributed by atoms with E-state index in [1.165, 1.54) is 6.08 Å². The predicted octanol–water partition coefficient (Wildman–Crippen LogP) is -0.752. The smallest absolute Gasteiger partial charge is 0.316 e. The summed E-state index contributed by atoms with van der Waals surface area (Å²) in [6, 6.07) is 0. The van der Waals surface area contributed by atoms with Gasteiger partial charge in [-0.2, -0.15) is 0 Å². The Hall–Kier alpha value is 0.466. The molecule has 5 heavy (non-hydrogen) atoms. The second-order valence-corrected chi connectivity index (χ2v) is 0.471. The van der Waals surface area contributed by atoms with Crippen LogP contribution in [0, 0.1) is 0 Å². The molecule has 0 unspecified atom stereocenters. The minimum absolute atomic E-state index is 0. The van der Waals surface area contributed by atoms with Gasteiger partial charge in [-0.05, 0) is 0 Å². The van der Waals surface area contributed by atoms with Gasteiger partial charge in [0, 0.05) is 0 Å². The number of hydrogen-bond donors (Lipinski definition) is 1. The van der Waals surface area contributed by atoms with Crippen molar-refractivity contribution in [2.75, 3.05) is 6.61 Å². The Morgan fingerprint density at radius 2 is 2.00 bits per heavy atom. The summed E-state index contributed by atoms with van der Waals surface area (Å²) in [5.41, 5.74) is 0. The minimum Gasteiger partial charge on any atom is -0.392 e. The predicted molar refractivity (Wildman–Crippen MR) is 25.8 cm³/mol. The van der Waals surface area contributed by atoms with Gasteiger partial charge in [0.2, 0.25) is 0 Å². The lowest BCUT2D eigenvalue weighted by molar-refractivity contribution is 0.343. The van der Waals surface area contributed by atoms with Crippen LogP contribution in [0.4, 0.5) is 0 Å². The number of hydrogen-bond acceptors (Lipinski definition) is 1. The Morgan fingerprint density at radius 3 is 2.00 bits per heavy atom. The molecule has 0 radical (unpaired) electrons. The fourth-order valence-corrected chi connectivity index (χ4v) is 0. The van der Waals surface area contributed by atoms with Gasteiger partial charge in [-0.3, -0.25) is 0 Å². The Kier molecular flexibility index (Phi) is 16.0. The molecule has 0 heterocycles. The zero-order valence-corrected chi connectivity index (χ0v) is 2.44. The average Bonchev–Trinajstić information content (AvgIpc) is 1.37. The van der Waals surface area contributed by atoms with Gasteiger partial charge in [-0.25, -0.2) is 0 Å². The summed E-state index contributed by atoms with van der Waals surface area (Å²) in [7, 11) is 0. The molecule has 0 spiro atoms. The second-order valence-electron chi connectivity index (χ2n) is 0.471. The summed E-state index contributed by atoms with van der Waals surface area (Å²) >= 11 is 0. The third kappa shape index (κ3) is 12.6. The molecule has 0 saturated heterocycles. The highest BCUT2D eigenvalue weighted by molar-refractivity contribution is 5.75. The van der Waals surface area contributed by atoms with E-state index >= 15 is 0 Å². The van der Waals surface area contributed by atoms with Crippen LogP contribution >= 0.6 is 0 Å². The van der Waals surface area contributed by atoms with Crippen molar-refractivity contribution >= 4 is 23.1 Å². The Bertz CT molecular complexity index is 20.9. The fourth-order valence-electron chi connectivity index (χ4n) is 0. The Morgan fingerprint density at radius 1 is 1.80 bits per heavy atom. The van der Waals surface area contributed by atoms with Crippen molar-refractivity contribution < 1.29 is 5.11 Å². The molecule has 0 aliphatic carbocycles. The molecule has 0 bridgehead atoms. The molecule has 0 amide bonds.